The smallest absolute Gasteiger partial charge is 0.250 e. The lowest BCUT2D eigenvalue weighted by Gasteiger charge is -2.28. The average Bonchev–Trinajstić information content (AvgIpc) is 3.43. The maximum atomic E-state index is 13.5. The second kappa shape index (κ2) is 11.2. The van der Waals surface area contributed by atoms with Crippen LogP contribution in [0, 0.1) is 12.7 Å². The number of anilines is 1. The highest BCUT2D eigenvalue weighted by Crippen LogP contribution is 2.27. The summed E-state index contributed by atoms with van der Waals surface area (Å²) in [6.45, 7) is 7.06. The first kappa shape index (κ1) is 25.7. The number of amides is 2. The zero-order valence-corrected chi connectivity index (χ0v) is 21.3. The average molecular weight is 496 g/mol. The van der Waals surface area contributed by atoms with E-state index >= 15 is 0 Å². The van der Waals surface area contributed by atoms with Crippen molar-refractivity contribution in [2.75, 3.05) is 44.7 Å². The van der Waals surface area contributed by atoms with Gasteiger partial charge in [0, 0.05) is 51.3 Å². The number of aromatic nitrogens is 2. The normalized spacial score (nSPS) is 13.2. The quantitative estimate of drug-likeness (QED) is 0.418. The lowest BCUT2D eigenvalue weighted by molar-refractivity contribution is -0.145. The predicted molar refractivity (Wildman–Crippen MR) is 138 cm³/mol. The standard InChI is InChI=1S/C26H34FN7O2/c1-5-28-8-9-34(23-12-24-20(10-18(23)2)13-30-31(24)3)26(36)15-29-14-25(35)32(4)33-16-19-6-7-22(27)11-21(19)17-33/h6-7,10-13,28-29H,5,8-9,14-17H2,1-4H3. The lowest BCUT2D eigenvalue weighted by Crippen LogP contribution is -2.47. The van der Waals surface area contributed by atoms with Crippen molar-refractivity contribution in [3.8, 4) is 0 Å². The summed E-state index contributed by atoms with van der Waals surface area (Å²) >= 11 is 0. The van der Waals surface area contributed by atoms with Crippen molar-refractivity contribution < 1.29 is 14.0 Å². The molecule has 10 heteroatoms. The molecule has 0 spiro atoms. The van der Waals surface area contributed by atoms with Gasteiger partial charge in [-0.3, -0.25) is 24.6 Å². The van der Waals surface area contributed by atoms with Gasteiger partial charge in [0.2, 0.25) is 5.91 Å². The third-order valence-electron chi connectivity index (χ3n) is 6.63. The Balaban J connectivity index is 1.38. The highest BCUT2D eigenvalue weighted by Gasteiger charge is 2.26. The molecule has 0 aliphatic carbocycles. The van der Waals surface area contributed by atoms with E-state index < -0.39 is 0 Å². The van der Waals surface area contributed by atoms with Gasteiger partial charge in [-0.15, -0.1) is 0 Å². The number of rotatable bonds is 10. The van der Waals surface area contributed by atoms with Crippen LogP contribution in [0.1, 0.15) is 23.6 Å². The maximum Gasteiger partial charge on any atom is 0.250 e. The van der Waals surface area contributed by atoms with Crippen molar-refractivity contribution in [2.24, 2.45) is 7.05 Å². The van der Waals surface area contributed by atoms with Crippen molar-refractivity contribution >= 4 is 28.4 Å². The number of aryl methyl sites for hydroxylation is 2. The summed E-state index contributed by atoms with van der Waals surface area (Å²) in [5.41, 5.74) is 4.67. The van der Waals surface area contributed by atoms with Crippen LogP contribution in [-0.2, 0) is 29.7 Å². The highest BCUT2D eigenvalue weighted by molar-refractivity contribution is 5.98. The Morgan fingerprint density at radius 3 is 2.61 bits per heavy atom. The molecule has 1 aliphatic heterocycles. The van der Waals surface area contributed by atoms with E-state index in [-0.39, 0.29) is 30.7 Å². The molecular formula is C26H34FN7O2. The van der Waals surface area contributed by atoms with E-state index in [1.165, 1.54) is 12.1 Å². The third kappa shape index (κ3) is 5.56. The molecule has 192 valence electrons. The molecule has 3 aromatic rings. The Labute approximate surface area is 210 Å². The van der Waals surface area contributed by atoms with Crippen molar-refractivity contribution in [1.82, 2.24) is 30.4 Å². The van der Waals surface area contributed by atoms with Crippen molar-refractivity contribution in [2.45, 2.75) is 26.9 Å². The van der Waals surface area contributed by atoms with Crippen LogP contribution in [0.2, 0.25) is 0 Å². The molecule has 1 aromatic heterocycles. The summed E-state index contributed by atoms with van der Waals surface area (Å²) in [6.07, 6.45) is 1.82. The van der Waals surface area contributed by atoms with Crippen molar-refractivity contribution in [1.29, 1.82) is 0 Å². The summed E-state index contributed by atoms with van der Waals surface area (Å²) in [5, 5.41) is 15.0. The summed E-state index contributed by atoms with van der Waals surface area (Å²) in [5.74, 6) is -0.555. The number of likely N-dealkylation sites (N-methyl/N-ethyl adjacent to an activating group) is 2. The van der Waals surface area contributed by atoms with Gasteiger partial charge in [-0.2, -0.15) is 5.10 Å². The van der Waals surface area contributed by atoms with Crippen LogP contribution in [-0.4, -0.2) is 71.4 Å². The van der Waals surface area contributed by atoms with Crippen LogP contribution in [0.25, 0.3) is 10.9 Å². The zero-order chi connectivity index (χ0) is 25.8. The van der Waals surface area contributed by atoms with E-state index in [9.17, 15) is 14.0 Å². The number of nitrogens with one attached hydrogen (secondary N) is 2. The van der Waals surface area contributed by atoms with Crippen LogP contribution in [0.4, 0.5) is 10.1 Å². The van der Waals surface area contributed by atoms with Crippen molar-refractivity contribution in [3.63, 3.8) is 0 Å². The second-order valence-corrected chi connectivity index (χ2v) is 9.12. The molecule has 0 unspecified atom stereocenters. The maximum absolute atomic E-state index is 13.5. The number of hydrogen-bond acceptors (Lipinski definition) is 6. The monoisotopic (exact) mass is 495 g/mol. The van der Waals surface area contributed by atoms with Crippen molar-refractivity contribution in [3.05, 3.63) is 59.0 Å². The van der Waals surface area contributed by atoms with Gasteiger partial charge in [0.1, 0.15) is 5.82 Å². The largest absolute Gasteiger partial charge is 0.315 e. The van der Waals surface area contributed by atoms with Crippen LogP contribution in [0.5, 0.6) is 0 Å². The summed E-state index contributed by atoms with van der Waals surface area (Å²) in [7, 11) is 3.58. The second-order valence-electron chi connectivity index (χ2n) is 9.12. The first-order valence-electron chi connectivity index (χ1n) is 12.2. The molecule has 9 nitrogen and oxygen atoms in total. The van der Waals surface area contributed by atoms with Gasteiger partial charge in [0.15, 0.2) is 0 Å². The Morgan fingerprint density at radius 2 is 1.83 bits per heavy atom. The van der Waals surface area contributed by atoms with Crippen LogP contribution >= 0.6 is 0 Å². The van der Waals surface area contributed by atoms with E-state index in [0.717, 1.165) is 39.8 Å². The number of hydrogen-bond donors (Lipinski definition) is 2. The van der Waals surface area contributed by atoms with Gasteiger partial charge in [-0.25, -0.2) is 9.40 Å². The van der Waals surface area contributed by atoms with Gasteiger partial charge in [-0.05, 0) is 54.4 Å². The van der Waals surface area contributed by atoms with E-state index in [0.29, 0.717) is 26.2 Å². The van der Waals surface area contributed by atoms with E-state index in [2.05, 4.69) is 15.7 Å². The van der Waals surface area contributed by atoms with Crippen LogP contribution in [0.3, 0.4) is 0 Å². The summed E-state index contributed by atoms with van der Waals surface area (Å²) < 4.78 is 15.3. The molecule has 4 rings (SSSR count). The molecular weight excluding hydrogens is 461 g/mol. The molecule has 2 N–H and O–H groups in total. The van der Waals surface area contributed by atoms with E-state index in [4.69, 9.17) is 0 Å². The first-order chi connectivity index (χ1) is 17.3. The van der Waals surface area contributed by atoms with Gasteiger partial charge in [0.25, 0.3) is 5.91 Å². The molecule has 0 atom stereocenters. The number of halogens is 1. The number of carbonyl (C=O) groups is 2. The van der Waals surface area contributed by atoms with Crippen LogP contribution < -0.4 is 15.5 Å². The fourth-order valence-corrected chi connectivity index (χ4v) is 4.54. The minimum atomic E-state index is -0.277. The third-order valence-corrected chi connectivity index (χ3v) is 6.63. The molecule has 0 saturated heterocycles. The molecule has 0 radical (unpaired) electrons. The Morgan fingerprint density at radius 1 is 1.08 bits per heavy atom. The zero-order valence-electron chi connectivity index (χ0n) is 21.3. The topological polar surface area (TPSA) is 85.7 Å². The Bertz CT molecular complexity index is 1260. The number of benzene rings is 2. The van der Waals surface area contributed by atoms with Gasteiger partial charge in [-0.1, -0.05) is 13.0 Å². The summed E-state index contributed by atoms with van der Waals surface area (Å²) in [4.78, 5) is 27.8. The molecule has 2 heterocycles. The Hall–Kier alpha value is -3.34. The molecule has 36 heavy (non-hydrogen) atoms. The lowest BCUT2D eigenvalue weighted by atomic mass is 10.1. The van der Waals surface area contributed by atoms with E-state index in [1.54, 1.807) is 27.7 Å². The van der Waals surface area contributed by atoms with Gasteiger partial charge < -0.3 is 10.2 Å². The number of hydrazine groups is 1. The first-order valence-corrected chi connectivity index (χ1v) is 12.2. The van der Waals surface area contributed by atoms with Gasteiger partial charge >= 0.3 is 0 Å². The molecule has 2 amide bonds. The number of nitrogens with zero attached hydrogens (tertiary/aromatic N) is 5. The molecule has 0 fully saturated rings. The van der Waals surface area contributed by atoms with E-state index in [1.807, 2.05) is 44.2 Å². The number of carbonyl (C=O) groups excluding carboxylic acids is 2. The molecule has 0 saturated carbocycles. The minimum absolute atomic E-state index is 0.0181. The fourth-order valence-electron chi connectivity index (χ4n) is 4.54. The number of fused-ring (bicyclic) bond motifs is 2. The SMILES string of the molecule is CCNCCN(C(=O)CNCC(=O)N(C)N1Cc2ccc(F)cc2C1)c1cc2c(cnn2C)cc1C. The van der Waals surface area contributed by atoms with Gasteiger partial charge in [0.05, 0.1) is 24.8 Å². The molecule has 0 bridgehead atoms. The molecule has 1 aliphatic rings. The van der Waals surface area contributed by atoms with Crippen LogP contribution in [0.15, 0.2) is 36.5 Å². The Kier molecular flexibility index (Phi) is 7.97. The predicted octanol–water partition coefficient (Wildman–Crippen LogP) is 1.94. The molecule has 2 aromatic carbocycles. The fraction of sp³-hybridized carbons (Fsp3) is 0.423. The minimum Gasteiger partial charge on any atom is -0.315 e. The highest BCUT2D eigenvalue weighted by atomic mass is 19.1. The summed E-state index contributed by atoms with van der Waals surface area (Å²) in [6, 6.07) is 8.74.